The van der Waals surface area contributed by atoms with E-state index in [1.807, 2.05) is 24.3 Å². The highest BCUT2D eigenvalue weighted by molar-refractivity contribution is 6.14. The van der Waals surface area contributed by atoms with Gasteiger partial charge in [0.2, 0.25) is 5.91 Å². The zero-order chi connectivity index (χ0) is 25.0. The predicted molar refractivity (Wildman–Crippen MR) is 128 cm³/mol. The van der Waals surface area contributed by atoms with Gasteiger partial charge in [-0.05, 0) is 28.8 Å². The quantitative estimate of drug-likeness (QED) is 0.439. The van der Waals surface area contributed by atoms with Crippen molar-refractivity contribution < 1.29 is 27.8 Å². The van der Waals surface area contributed by atoms with Gasteiger partial charge in [-0.1, -0.05) is 72.8 Å². The van der Waals surface area contributed by atoms with Crippen molar-refractivity contribution in [1.29, 1.82) is 0 Å². The van der Waals surface area contributed by atoms with Crippen molar-refractivity contribution in [3.63, 3.8) is 0 Å². The number of carbonyl (C=O) groups excluding carboxylic acids is 3. The van der Waals surface area contributed by atoms with E-state index in [0.717, 1.165) is 11.1 Å². The number of carbonyl (C=O) groups is 3. The van der Waals surface area contributed by atoms with Crippen LogP contribution in [0.1, 0.15) is 16.7 Å². The summed E-state index contributed by atoms with van der Waals surface area (Å²) >= 11 is 5.28. The minimum Gasteiger partial charge on any atom is -0.445 e. The van der Waals surface area contributed by atoms with Gasteiger partial charge in [0.25, 0.3) is 0 Å². The third-order valence-corrected chi connectivity index (χ3v) is 5.29. The van der Waals surface area contributed by atoms with Crippen molar-refractivity contribution >= 4 is 29.8 Å². The maximum Gasteiger partial charge on any atom is 0.408 e. The van der Waals surface area contributed by atoms with E-state index < -0.39 is 35.9 Å². The van der Waals surface area contributed by atoms with E-state index in [-0.39, 0.29) is 19.4 Å². The average molecular weight is 499 g/mol. The first-order valence-corrected chi connectivity index (χ1v) is 11.1. The number of nitrogens with one attached hydrogen (secondary N) is 2. The Morgan fingerprint density at radius 2 is 1.29 bits per heavy atom. The lowest BCUT2D eigenvalue weighted by molar-refractivity contribution is -0.139. The van der Waals surface area contributed by atoms with E-state index in [1.54, 1.807) is 36.4 Å². The Kier molecular flexibility index (Phi) is 9.62. The Morgan fingerprint density at radius 3 is 1.89 bits per heavy atom. The van der Waals surface area contributed by atoms with Gasteiger partial charge in [-0.15, -0.1) is 0 Å². The summed E-state index contributed by atoms with van der Waals surface area (Å²) in [5.41, 5.74) is 2.13. The van der Waals surface area contributed by atoms with Crippen LogP contribution in [-0.2, 0) is 38.1 Å². The first-order chi connectivity index (χ1) is 16.9. The molecule has 0 aromatic heterocycles. The van der Waals surface area contributed by atoms with Crippen LogP contribution in [-0.4, -0.2) is 30.1 Å². The van der Waals surface area contributed by atoms with E-state index in [1.165, 1.54) is 24.3 Å². The molecule has 0 bridgehead atoms. The summed E-state index contributed by atoms with van der Waals surface area (Å²) in [6.45, 7) is 0.00671. The molecule has 182 valence electrons. The van der Waals surface area contributed by atoms with Crippen LogP contribution in [0.15, 0.2) is 84.9 Å². The van der Waals surface area contributed by atoms with Crippen LogP contribution in [0.5, 0.6) is 0 Å². The molecule has 3 aromatic rings. The van der Waals surface area contributed by atoms with Gasteiger partial charge in [0.15, 0.2) is 0 Å². The van der Waals surface area contributed by atoms with Gasteiger partial charge in [-0.25, -0.2) is 14.0 Å². The number of ether oxygens (including phenoxy) is 1. The third-order valence-electron chi connectivity index (χ3n) is 5.13. The second kappa shape index (κ2) is 13.1. The monoisotopic (exact) mass is 498 g/mol. The van der Waals surface area contributed by atoms with Crippen molar-refractivity contribution in [3.8, 4) is 0 Å². The van der Waals surface area contributed by atoms with Crippen molar-refractivity contribution in [1.82, 2.24) is 10.6 Å². The standard InChI is InChI=1S/C26H24ClFN2O5/c27-35-25(32)23(16-18-7-3-1-4-8-18)29-24(31)22(15-19-11-13-21(28)14-12-19)30-26(33)34-17-20-9-5-2-6-10-20/h1-14,22-23H,15-17H2,(H,29,31)(H,30,33)/t22-,23-/m0/s1. The van der Waals surface area contributed by atoms with Gasteiger partial charge in [-0.3, -0.25) is 4.79 Å². The second-order valence-corrected chi connectivity index (χ2v) is 7.89. The van der Waals surface area contributed by atoms with Crippen LogP contribution in [0.25, 0.3) is 0 Å². The van der Waals surface area contributed by atoms with Gasteiger partial charge in [0, 0.05) is 12.8 Å². The van der Waals surface area contributed by atoms with E-state index in [4.69, 9.17) is 16.6 Å². The van der Waals surface area contributed by atoms with Crippen LogP contribution in [0, 0.1) is 5.82 Å². The number of hydrogen-bond donors (Lipinski definition) is 2. The molecule has 2 N–H and O–H groups in total. The van der Waals surface area contributed by atoms with Gasteiger partial charge in [0.1, 0.15) is 36.4 Å². The zero-order valence-electron chi connectivity index (χ0n) is 18.7. The number of alkyl carbamates (subject to hydrolysis) is 1. The molecule has 3 aromatic carbocycles. The molecule has 0 unspecified atom stereocenters. The summed E-state index contributed by atoms with van der Waals surface area (Å²) in [6.07, 6.45) is -0.670. The predicted octanol–water partition coefficient (Wildman–Crippen LogP) is 4.09. The fraction of sp³-hybridized carbons (Fsp3) is 0.192. The molecule has 2 amide bonds. The topological polar surface area (TPSA) is 93.7 Å². The Morgan fingerprint density at radius 1 is 0.743 bits per heavy atom. The van der Waals surface area contributed by atoms with Gasteiger partial charge >= 0.3 is 12.1 Å². The summed E-state index contributed by atoms with van der Waals surface area (Å²) in [7, 11) is 0. The lowest BCUT2D eigenvalue weighted by atomic mass is 10.0. The van der Waals surface area contributed by atoms with Gasteiger partial charge < -0.3 is 19.7 Å². The van der Waals surface area contributed by atoms with Crippen LogP contribution >= 0.6 is 11.9 Å². The second-order valence-electron chi connectivity index (χ2n) is 7.74. The van der Waals surface area contributed by atoms with E-state index in [0.29, 0.717) is 5.56 Å². The molecule has 0 aliphatic carbocycles. The summed E-state index contributed by atoms with van der Waals surface area (Å²) in [5, 5.41) is 5.11. The van der Waals surface area contributed by atoms with Crippen molar-refractivity contribution in [2.45, 2.75) is 31.5 Å². The van der Waals surface area contributed by atoms with Crippen LogP contribution in [0.3, 0.4) is 0 Å². The third kappa shape index (κ3) is 8.42. The van der Waals surface area contributed by atoms with Crippen molar-refractivity contribution in [2.24, 2.45) is 0 Å². The van der Waals surface area contributed by atoms with E-state index >= 15 is 0 Å². The summed E-state index contributed by atoms with van der Waals surface area (Å²) in [6, 6.07) is 21.3. The highest BCUT2D eigenvalue weighted by atomic mass is 35.5. The number of hydrogen-bond acceptors (Lipinski definition) is 5. The molecule has 7 nitrogen and oxygen atoms in total. The lowest BCUT2D eigenvalue weighted by Gasteiger charge is -2.22. The molecule has 0 aliphatic heterocycles. The SMILES string of the molecule is O=C(N[C@@H](Cc1ccc(F)cc1)C(=O)N[C@@H](Cc1ccccc1)C(=O)OCl)OCc1ccccc1. The Hall–Kier alpha value is -3.91. The molecule has 9 heteroatoms. The van der Waals surface area contributed by atoms with Crippen molar-refractivity contribution in [3.05, 3.63) is 107 Å². The minimum absolute atomic E-state index is 0.00671. The maximum atomic E-state index is 13.3. The first kappa shape index (κ1) is 25.7. The molecule has 0 aliphatic rings. The number of rotatable bonds is 10. The normalized spacial score (nSPS) is 12.2. The van der Waals surface area contributed by atoms with Crippen LogP contribution in [0.4, 0.5) is 9.18 Å². The molecule has 0 heterocycles. The molecular formula is C26H24ClFN2O5. The first-order valence-electron chi connectivity index (χ1n) is 10.8. The smallest absolute Gasteiger partial charge is 0.408 e. The Balaban J connectivity index is 1.72. The number of benzene rings is 3. The molecule has 0 fully saturated rings. The van der Waals surface area contributed by atoms with E-state index in [9.17, 15) is 18.8 Å². The molecule has 0 spiro atoms. The summed E-state index contributed by atoms with van der Waals surface area (Å²) < 4.78 is 22.9. The highest BCUT2D eigenvalue weighted by Gasteiger charge is 2.28. The van der Waals surface area contributed by atoms with Crippen LogP contribution in [0.2, 0.25) is 0 Å². The van der Waals surface area contributed by atoms with Gasteiger partial charge in [-0.2, -0.15) is 0 Å². The fourth-order valence-corrected chi connectivity index (χ4v) is 3.45. The molecule has 2 atom stereocenters. The van der Waals surface area contributed by atoms with Gasteiger partial charge in [0.05, 0.1) is 0 Å². The Bertz CT molecular complexity index is 1110. The number of amides is 2. The largest absolute Gasteiger partial charge is 0.445 e. The Labute approximate surface area is 207 Å². The lowest BCUT2D eigenvalue weighted by Crippen LogP contribution is -2.53. The minimum atomic E-state index is -1.12. The molecule has 0 radical (unpaired) electrons. The number of halogens is 2. The fourth-order valence-electron chi connectivity index (χ4n) is 3.34. The molecular weight excluding hydrogens is 475 g/mol. The molecule has 3 rings (SSSR count). The zero-order valence-corrected chi connectivity index (χ0v) is 19.4. The maximum absolute atomic E-state index is 13.3. The average Bonchev–Trinajstić information content (AvgIpc) is 2.88. The molecule has 0 saturated carbocycles. The van der Waals surface area contributed by atoms with E-state index in [2.05, 4.69) is 14.9 Å². The molecule has 35 heavy (non-hydrogen) atoms. The summed E-state index contributed by atoms with van der Waals surface area (Å²) in [5.74, 6) is -1.94. The van der Waals surface area contributed by atoms with Crippen LogP contribution < -0.4 is 10.6 Å². The molecule has 0 saturated heterocycles. The highest BCUT2D eigenvalue weighted by Crippen LogP contribution is 2.10. The van der Waals surface area contributed by atoms with Crippen molar-refractivity contribution in [2.75, 3.05) is 0 Å². The summed E-state index contributed by atoms with van der Waals surface area (Å²) in [4.78, 5) is 37.8.